The van der Waals surface area contributed by atoms with Crippen molar-refractivity contribution < 1.29 is 4.74 Å². The summed E-state index contributed by atoms with van der Waals surface area (Å²) in [6.45, 7) is 8.28. The molecule has 0 amide bonds. The van der Waals surface area contributed by atoms with Crippen LogP contribution in [-0.2, 0) is 17.7 Å². The minimum atomic E-state index is 0.881. The van der Waals surface area contributed by atoms with Gasteiger partial charge < -0.3 is 9.30 Å². The van der Waals surface area contributed by atoms with Gasteiger partial charge in [0, 0.05) is 37.9 Å². The zero-order valence-electron chi connectivity index (χ0n) is 11.6. The molecule has 3 nitrogen and oxygen atoms in total. The summed E-state index contributed by atoms with van der Waals surface area (Å²) >= 11 is 0. The lowest BCUT2D eigenvalue weighted by Gasteiger charge is -2.26. The summed E-state index contributed by atoms with van der Waals surface area (Å²) in [5.41, 5.74) is 2.77. The molecule has 1 aliphatic heterocycles. The normalized spacial score (nSPS) is 17.1. The van der Waals surface area contributed by atoms with E-state index in [1.807, 2.05) is 0 Å². The van der Waals surface area contributed by atoms with Crippen molar-refractivity contribution in [3.8, 4) is 0 Å². The number of rotatable bonds is 4. The van der Waals surface area contributed by atoms with Crippen molar-refractivity contribution in [2.45, 2.75) is 19.9 Å². The summed E-state index contributed by atoms with van der Waals surface area (Å²) in [4.78, 5) is 2.48. The Morgan fingerprint density at radius 2 is 1.95 bits per heavy atom. The van der Waals surface area contributed by atoms with Crippen molar-refractivity contribution in [2.24, 2.45) is 0 Å². The van der Waals surface area contributed by atoms with E-state index in [0.29, 0.717) is 0 Å². The number of benzene rings is 1. The second kappa shape index (κ2) is 5.76. The quantitative estimate of drug-likeness (QED) is 0.838. The molecular weight excluding hydrogens is 236 g/mol. The summed E-state index contributed by atoms with van der Waals surface area (Å²) in [7, 11) is 0. The molecule has 0 bridgehead atoms. The topological polar surface area (TPSA) is 17.4 Å². The number of aryl methyl sites for hydroxylation is 1. The first-order chi connectivity index (χ1) is 9.36. The van der Waals surface area contributed by atoms with Crippen molar-refractivity contribution in [1.82, 2.24) is 9.47 Å². The highest BCUT2D eigenvalue weighted by atomic mass is 16.5. The first-order valence-corrected chi connectivity index (χ1v) is 7.24. The van der Waals surface area contributed by atoms with E-state index in [0.717, 1.165) is 45.8 Å². The number of fused-ring (bicyclic) bond motifs is 1. The fraction of sp³-hybridized carbons (Fsp3) is 0.500. The van der Waals surface area contributed by atoms with Gasteiger partial charge >= 0.3 is 0 Å². The van der Waals surface area contributed by atoms with E-state index in [2.05, 4.69) is 46.9 Å². The van der Waals surface area contributed by atoms with Crippen molar-refractivity contribution >= 4 is 10.9 Å². The molecule has 19 heavy (non-hydrogen) atoms. The zero-order chi connectivity index (χ0) is 13.1. The first kappa shape index (κ1) is 12.7. The third-order valence-corrected chi connectivity index (χ3v) is 4.00. The van der Waals surface area contributed by atoms with Crippen LogP contribution in [0.1, 0.15) is 12.5 Å². The molecular formula is C16H22N2O. The molecule has 0 unspecified atom stereocenters. The Bertz CT molecular complexity index is 541. The molecule has 0 aliphatic carbocycles. The molecule has 2 heterocycles. The van der Waals surface area contributed by atoms with Gasteiger partial charge in [0.2, 0.25) is 0 Å². The van der Waals surface area contributed by atoms with Crippen LogP contribution in [0.15, 0.2) is 30.5 Å². The Kier molecular flexibility index (Phi) is 3.85. The van der Waals surface area contributed by atoms with E-state index < -0.39 is 0 Å². The van der Waals surface area contributed by atoms with Gasteiger partial charge in [-0.2, -0.15) is 0 Å². The fourth-order valence-electron chi connectivity index (χ4n) is 2.74. The maximum Gasteiger partial charge on any atom is 0.0594 e. The SMILES string of the molecule is CCc1ccc2c(ccn2CCN2CCOCC2)c1. The number of nitrogens with zero attached hydrogens (tertiary/aromatic N) is 2. The number of aromatic nitrogens is 1. The minimum Gasteiger partial charge on any atom is -0.379 e. The van der Waals surface area contributed by atoms with Gasteiger partial charge in [-0.05, 0) is 35.6 Å². The molecule has 1 fully saturated rings. The summed E-state index contributed by atoms with van der Waals surface area (Å²) in [6, 6.07) is 9.04. The molecule has 1 aromatic heterocycles. The maximum absolute atomic E-state index is 5.38. The predicted molar refractivity (Wildman–Crippen MR) is 78.6 cm³/mol. The highest BCUT2D eigenvalue weighted by molar-refractivity contribution is 5.80. The van der Waals surface area contributed by atoms with Gasteiger partial charge in [-0.3, -0.25) is 4.90 Å². The molecule has 0 spiro atoms. The van der Waals surface area contributed by atoms with Gasteiger partial charge in [0.1, 0.15) is 0 Å². The van der Waals surface area contributed by atoms with E-state index in [-0.39, 0.29) is 0 Å². The van der Waals surface area contributed by atoms with Crippen molar-refractivity contribution in [2.75, 3.05) is 32.8 Å². The standard InChI is InChI=1S/C16H22N2O/c1-2-14-3-4-16-15(13-14)5-6-18(16)8-7-17-9-11-19-12-10-17/h3-6,13H,2,7-12H2,1H3. The fourth-order valence-corrected chi connectivity index (χ4v) is 2.74. The van der Waals surface area contributed by atoms with E-state index in [1.165, 1.54) is 16.5 Å². The summed E-state index contributed by atoms with van der Waals surface area (Å²) in [5.74, 6) is 0. The van der Waals surface area contributed by atoms with Crippen LogP contribution in [0.3, 0.4) is 0 Å². The average molecular weight is 258 g/mol. The lowest BCUT2D eigenvalue weighted by molar-refractivity contribution is 0.0365. The highest BCUT2D eigenvalue weighted by Gasteiger charge is 2.10. The molecule has 0 atom stereocenters. The van der Waals surface area contributed by atoms with Gasteiger partial charge in [-0.15, -0.1) is 0 Å². The van der Waals surface area contributed by atoms with Crippen LogP contribution in [-0.4, -0.2) is 42.3 Å². The predicted octanol–water partition coefficient (Wildman–Crippen LogP) is 2.54. The molecule has 1 aliphatic rings. The van der Waals surface area contributed by atoms with Crippen LogP contribution in [0.4, 0.5) is 0 Å². The Morgan fingerprint density at radius 3 is 2.74 bits per heavy atom. The molecule has 0 saturated carbocycles. The van der Waals surface area contributed by atoms with Gasteiger partial charge in [-0.25, -0.2) is 0 Å². The smallest absolute Gasteiger partial charge is 0.0594 e. The summed E-state index contributed by atoms with van der Waals surface area (Å²) in [5, 5.41) is 1.36. The molecule has 0 radical (unpaired) electrons. The number of hydrogen-bond donors (Lipinski definition) is 0. The lowest BCUT2D eigenvalue weighted by atomic mass is 10.1. The van der Waals surface area contributed by atoms with E-state index in [9.17, 15) is 0 Å². The van der Waals surface area contributed by atoms with Crippen molar-refractivity contribution in [3.05, 3.63) is 36.0 Å². The largest absolute Gasteiger partial charge is 0.379 e. The number of ether oxygens (including phenoxy) is 1. The molecule has 1 saturated heterocycles. The molecule has 0 N–H and O–H groups in total. The molecule has 3 rings (SSSR count). The lowest BCUT2D eigenvalue weighted by Crippen LogP contribution is -2.38. The van der Waals surface area contributed by atoms with Crippen LogP contribution in [0, 0.1) is 0 Å². The minimum absolute atomic E-state index is 0.881. The maximum atomic E-state index is 5.38. The zero-order valence-corrected chi connectivity index (χ0v) is 11.6. The van der Waals surface area contributed by atoms with Crippen LogP contribution >= 0.6 is 0 Å². The monoisotopic (exact) mass is 258 g/mol. The van der Waals surface area contributed by atoms with Gasteiger partial charge in [0.25, 0.3) is 0 Å². The van der Waals surface area contributed by atoms with E-state index in [1.54, 1.807) is 0 Å². The van der Waals surface area contributed by atoms with Crippen LogP contribution in [0.25, 0.3) is 10.9 Å². The molecule has 102 valence electrons. The molecule has 1 aromatic carbocycles. The number of hydrogen-bond acceptors (Lipinski definition) is 2. The Hall–Kier alpha value is -1.32. The summed E-state index contributed by atoms with van der Waals surface area (Å²) < 4.78 is 7.75. The highest BCUT2D eigenvalue weighted by Crippen LogP contribution is 2.18. The second-order valence-corrected chi connectivity index (χ2v) is 5.21. The third kappa shape index (κ3) is 2.82. The average Bonchev–Trinajstić information content (AvgIpc) is 2.88. The van der Waals surface area contributed by atoms with Crippen molar-refractivity contribution in [3.63, 3.8) is 0 Å². The van der Waals surface area contributed by atoms with Gasteiger partial charge in [0.05, 0.1) is 13.2 Å². The Balaban J connectivity index is 1.70. The number of morpholine rings is 1. The summed E-state index contributed by atoms with van der Waals surface area (Å²) in [6.07, 6.45) is 3.32. The van der Waals surface area contributed by atoms with Crippen LogP contribution in [0.5, 0.6) is 0 Å². The van der Waals surface area contributed by atoms with E-state index in [4.69, 9.17) is 4.74 Å². The van der Waals surface area contributed by atoms with Crippen LogP contribution in [0.2, 0.25) is 0 Å². The molecule has 2 aromatic rings. The van der Waals surface area contributed by atoms with E-state index >= 15 is 0 Å². The first-order valence-electron chi connectivity index (χ1n) is 7.24. The Morgan fingerprint density at radius 1 is 1.11 bits per heavy atom. The van der Waals surface area contributed by atoms with Crippen LogP contribution < -0.4 is 0 Å². The van der Waals surface area contributed by atoms with Gasteiger partial charge in [-0.1, -0.05) is 13.0 Å². The second-order valence-electron chi connectivity index (χ2n) is 5.21. The van der Waals surface area contributed by atoms with Crippen molar-refractivity contribution in [1.29, 1.82) is 0 Å². The molecule has 3 heteroatoms. The third-order valence-electron chi connectivity index (χ3n) is 4.00. The Labute approximate surface area is 114 Å². The van der Waals surface area contributed by atoms with Gasteiger partial charge in [0.15, 0.2) is 0 Å².